The number of carbonyl (C=O) groups excluding carboxylic acids is 1. The van der Waals surface area contributed by atoms with Crippen LogP contribution in [0.4, 0.5) is 5.82 Å². The quantitative estimate of drug-likeness (QED) is 0.882. The minimum absolute atomic E-state index is 0.0837. The van der Waals surface area contributed by atoms with Crippen LogP contribution in [-0.2, 0) is 0 Å². The second-order valence-corrected chi connectivity index (χ2v) is 5.85. The van der Waals surface area contributed by atoms with Gasteiger partial charge in [0, 0.05) is 26.2 Å². The lowest BCUT2D eigenvalue weighted by Crippen LogP contribution is -2.40. The van der Waals surface area contributed by atoms with Crippen LogP contribution in [0.25, 0.3) is 0 Å². The summed E-state index contributed by atoms with van der Waals surface area (Å²) in [6.07, 6.45) is 4.68. The first kappa shape index (κ1) is 14.3. The van der Waals surface area contributed by atoms with Crippen molar-refractivity contribution < 1.29 is 9.90 Å². The van der Waals surface area contributed by atoms with Crippen LogP contribution in [0, 0.1) is 0 Å². The zero-order chi connectivity index (χ0) is 14.7. The Morgan fingerprint density at radius 2 is 1.76 bits per heavy atom. The van der Waals surface area contributed by atoms with Gasteiger partial charge in [-0.05, 0) is 44.2 Å². The molecule has 6 heteroatoms. The van der Waals surface area contributed by atoms with Gasteiger partial charge in [0.2, 0.25) is 0 Å². The summed E-state index contributed by atoms with van der Waals surface area (Å²) in [5.74, 6) is 0.778. The molecular formula is C15H22N4O2. The number of hydrogen-bond acceptors (Lipinski definition) is 5. The van der Waals surface area contributed by atoms with E-state index in [1.165, 1.54) is 19.3 Å². The maximum atomic E-state index is 12.3. The standard InChI is InChI=1S/C15H22N4O2/c20-12-6-10-19(11-7-12)15(21)13-4-5-14(17-16-13)18-8-2-1-3-9-18/h4-5,12,20H,1-3,6-11H2. The first-order valence-electron chi connectivity index (χ1n) is 7.80. The van der Waals surface area contributed by atoms with Gasteiger partial charge in [-0.3, -0.25) is 4.79 Å². The van der Waals surface area contributed by atoms with E-state index < -0.39 is 0 Å². The zero-order valence-electron chi connectivity index (χ0n) is 12.2. The zero-order valence-corrected chi connectivity index (χ0v) is 12.2. The Hall–Kier alpha value is -1.69. The van der Waals surface area contributed by atoms with Gasteiger partial charge in [0.15, 0.2) is 11.5 Å². The number of piperidine rings is 2. The number of aromatic nitrogens is 2. The van der Waals surface area contributed by atoms with Crippen LogP contribution < -0.4 is 4.90 Å². The first-order valence-corrected chi connectivity index (χ1v) is 7.80. The maximum absolute atomic E-state index is 12.3. The third-order valence-electron chi connectivity index (χ3n) is 4.30. The molecule has 1 N–H and O–H groups in total. The van der Waals surface area contributed by atoms with Gasteiger partial charge in [-0.25, -0.2) is 0 Å². The van der Waals surface area contributed by atoms with E-state index in [1.54, 1.807) is 11.0 Å². The van der Waals surface area contributed by atoms with Crippen LogP contribution in [-0.4, -0.2) is 58.4 Å². The minimum atomic E-state index is -0.276. The van der Waals surface area contributed by atoms with E-state index in [-0.39, 0.29) is 12.0 Å². The molecule has 0 saturated carbocycles. The maximum Gasteiger partial charge on any atom is 0.274 e. The molecule has 0 spiro atoms. The summed E-state index contributed by atoms with van der Waals surface area (Å²) < 4.78 is 0. The van der Waals surface area contributed by atoms with E-state index in [1.807, 2.05) is 6.07 Å². The van der Waals surface area contributed by atoms with Crippen molar-refractivity contribution in [2.75, 3.05) is 31.1 Å². The number of amides is 1. The predicted molar refractivity (Wildman–Crippen MR) is 79.2 cm³/mol. The Kier molecular flexibility index (Phi) is 4.34. The molecule has 0 unspecified atom stereocenters. The van der Waals surface area contributed by atoms with Crippen molar-refractivity contribution >= 4 is 11.7 Å². The van der Waals surface area contributed by atoms with Crippen LogP contribution in [0.3, 0.4) is 0 Å². The SMILES string of the molecule is O=C(c1ccc(N2CCCCC2)nn1)N1CCC(O)CC1. The van der Waals surface area contributed by atoms with Crippen molar-refractivity contribution in [3.05, 3.63) is 17.8 Å². The van der Waals surface area contributed by atoms with Crippen LogP contribution >= 0.6 is 0 Å². The van der Waals surface area contributed by atoms with Gasteiger partial charge in [0.05, 0.1) is 6.10 Å². The largest absolute Gasteiger partial charge is 0.393 e. The van der Waals surface area contributed by atoms with E-state index in [2.05, 4.69) is 15.1 Å². The second kappa shape index (κ2) is 6.39. The van der Waals surface area contributed by atoms with Gasteiger partial charge in [0.25, 0.3) is 5.91 Å². The molecule has 3 heterocycles. The fourth-order valence-corrected chi connectivity index (χ4v) is 2.96. The number of likely N-dealkylation sites (tertiary alicyclic amines) is 1. The number of aliphatic hydroxyl groups excluding tert-OH is 1. The smallest absolute Gasteiger partial charge is 0.274 e. The Bertz CT molecular complexity index is 477. The summed E-state index contributed by atoms with van der Waals surface area (Å²) in [5.41, 5.74) is 0.396. The molecule has 2 fully saturated rings. The number of hydrogen-bond donors (Lipinski definition) is 1. The second-order valence-electron chi connectivity index (χ2n) is 5.85. The molecule has 2 aliphatic rings. The Morgan fingerprint density at radius 3 is 2.38 bits per heavy atom. The summed E-state index contributed by atoms with van der Waals surface area (Å²) >= 11 is 0. The monoisotopic (exact) mass is 290 g/mol. The van der Waals surface area contributed by atoms with Crippen molar-refractivity contribution in [3.63, 3.8) is 0 Å². The van der Waals surface area contributed by atoms with Crippen molar-refractivity contribution in [2.24, 2.45) is 0 Å². The highest BCUT2D eigenvalue weighted by atomic mass is 16.3. The van der Waals surface area contributed by atoms with Crippen LogP contribution in [0.1, 0.15) is 42.6 Å². The Morgan fingerprint density at radius 1 is 1.05 bits per heavy atom. The average Bonchev–Trinajstić information content (AvgIpc) is 2.56. The molecule has 0 atom stereocenters. The third kappa shape index (κ3) is 3.32. The fourth-order valence-electron chi connectivity index (χ4n) is 2.96. The predicted octanol–water partition coefficient (Wildman–Crippen LogP) is 1.06. The highest BCUT2D eigenvalue weighted by Crippen LogP contribution is 2.18. The first-order chi connectivity index (χ1) is 10.2. The summed E-state index contributed by atoms with van der Waals surface area (Å²) in [4.78, 5) is 16.3. The molecular weight excluding hydrogens is 268 g/mol. The lowest BCUT2D eigenvalue weighted by atomic mass is 10.1. The summed E-state index contributed by atoms with van der Waals surface area (Å²) in [6, 6.07) is 3.66. The summed E-state index contributed by atoms with van der Waals surface area (Å²) in [7, 11) is 0. The topological polar surface area (TPSA) is 69.6 Å². The van der Waals surface area contributed by atoms with E-state index in [0.717, 1.165) is 18.9 Å². The van der Waals surface area contributed by atoms with Gasteiger partial charge in [-0.2, -0.15) is 0 Å². The van der Waals surface area contributed by atoms with Crippen molar-refractivity contribution in [1.82, 2.24) is 15.1 Å². The van der Waals surface area contributed by atoms with Crippen LogP contribution in [0.5, 0.6) is 0 Å². The lowest BCUT2D eigenvalue weighted by Gasteiger charge is -2.29. The molecule has 2 aliphatic heterocycles. The van der Waals surface area contributed by atoms with Crippen molar-refractivity contribution in [2.45, 2.75) is 38.2 Å². The molecule has 1 amide bonds. The highest BCUT2D eigenvalue weighted by Gasteiger charge is 2.23. The molecule has 21 heavy (non-hydrogen) atoms. The molecule has 1 aromatic rings. The molecule has 0 radical (unpaired) electrons. The molecule has 1 aromatic heterocycles. The van der Waals surface area contributed by atoms with E-state index >= 15 is 0 Å². The molecule has 114 valence electrons. The van der Waals surface area contributed by atoms with Crippen LogP contribution in [0.15, 0.2) is 12.1 Å². The van der Waals surface area contributed by atoms with Gasteiger partial charge < -0.3 is 14.9 Å². The molecule has 0 aromatic carbocycles. The van der Waals surface area contributed by atoms with Crippen molar-refractivity contribution in [3.8, 4) is 0 Å². The molecule has 0 aliphatic carbocycles. The minimum Gasteiger partial charge on any atom is -0.393 e. The van der Waals surface area contributed by atoms with E-state index in [9.17, 15) is 9.90 Å². The van der Waals surface area contributed by atoms with Crippen LogP contribution in [0.2, 0.25) is 0 Å². The lowest BCUT2D eigenvalue weighted by molar-refractivity contribution is 0.0540. The third-order valence-corrected chi connectivity index (χ3v) is 4.30. The number of nitrogens with zero attached hydrogens (tertiary/aromatic N) is 4. The Balaban J connectivity index is 1.64. The van der Waals surface area contributed by atoms with E-state index in [4.69, 9.17) is 0 Å². The fraction of sp³-hybridized carbons (Fsp3) is 0.667. The number of rotatable bonds is 2. The Labute approximate surface area is 124 Å². The van der Waals surface area contributed by atoms with Crippen molar-refractivity contribution in [1.29, 1.82) is 0 Å². The normalized spacial score (nSPS) is 20.6. The van der Waals surface area contributed by atoms with Gasteiger partial charge >= 0.3 is 0 Å². The molecule has 3 rings (SSSR count). The molecule has 0 bridgehead atoms. The number of carbonyl (C=O) groups is 1. The highest BCUT2D eigenvalue weighted by molar-refractivity contribution is 5.92. The van der Waals surface area contributed by atoms with Gasteiger partial charge in [-0.1, -0.05) is 0 Å². The molecule has 6 nitrogen and oxygen atoms in total. The van der Waals surface area contributed by atoms with Gasteiger partial charge in [0.1, 0.15) is 0 Å². The number of aliphatic hydroxyl groups is 1. The van der Waals surface area contributed by atoms with Gasteiger partial charge in [-0.15, -0.1) is 10.2 Å². The van der Waals surface area contributed by atoms with E-state index in [0.29, 0.717) is 31.6 Å². The number of anilines is 1. The average molecular weight is 290 g/mol. The molecule has 2 saturated heterocycles. The summed E-state index contributed by atoms with van der Waals surface area (Å²) in [6.45, 7) is 3.23. The summed E-state index contributed by atoms with van der Waals surface area (Å²) in [5, 5.41) is 17.8.